The van der Waals surface area contributed by atoms with Gasteiger partial charge in [0.2, 0.25) is 0 Å². The summed E-state index contributed by atoms with van der Waals surface area (Å²) in [6.45, 7) is 0.215. The minimum absolute atomic E-state index is 0.0682. The summed E-state index contributed by atoms with van der Waals surface area (Å²) in [4.78, 5) is 43.7. The molecular formula is C49H86O15P2. The van der Waals surface area contributed by atoms with Gasteiger partial charge in [0.25, 0.3) is 0 Å². The molecule has 5 unspecified atom stereocenters. The van der Waals surface area contributed by atoms with Crippen molar-refractivity contribution in [2.45, 2.75) is 186 Å². The molecule has 0 radical (unpaired) electrons. The summed E-state index contributed by atoms with van der Waals surface area (Å²) < 4.78 is 52.9. The van der Waals surface area contributed by atoms with Gasteiger partial charge in [-0.15, -0.1) is 0 Å². The highest BCUT2D eigenvalue weighted by Crippen LogP contribution is 2.45. The van der Waals surface area contributed by atoms with Gasteiger partial charge in [-0.3, -0.25) is 27.7 Å². The standard InChI is InChI=1S/C49H86O15P2/c1-3-5-7-9-11-13-15-17-19-20-21-22-24-26-28-30-32-34-36-38-49(54)60-40-46(51)42-62-66(57,58)64-44-47(52)43-63-65(55,56)61-41-45(50)39-59-48(53)37-35-33-31-29-27-25-23-18-16-14-12-10-8-6-4-2/h5,7,11,13,17,19,21-22,26,28,32,34,45-47,50-52H,3-4,6,8-10,12,14-16,18,20,23-25,27,29-31,33,35-44H2,1-2H3,(H,55,56)(H,57,58)/b7-5-,13-11-,19-17-,22-21-,28-26-,34-32-. The summed E-state index contributed by atoms with van der Waals surface area (Å²) in [5, 5.41) is 30.0. The van der Waals surface area contributed by atoms with Gasteiger partial charge in [-0.05, 0) is 51.4 Å². The number of rotatable bonds is 46. The first-order valence-electron chi connectivity index (χ1n) is 24.3. The van der Waals surface area contributed by atoms with E-state index in [1.807, 2.05) is 18.2 Å². The fourth-order valence-corrected chi connectivity index (χ4v) is 7.53. The van der Waals surface area contributed by atoms with Crippen molar-refractivity contribution < 1.29 is 71.4 Å². The van der Waals surface area contributed by atoms with Crippen LogP contribution in [0.2, 0.25) is 0 Å². The predicted molar refractivity (Wildman–Crippen MR) is 260 cm³/mol. The molecule has 15 nitrogen and oxygen atoms in total. The number of esters is 2. The Morgan fingerprint density at radius 2 is 0.697 bits per heavy atom. The highest BCUT2D eigenvalue weighted by atomic mass is 31.2. The highest BCUT2D eigenvalue weighted by Gasteiger charge is 2.28. The van der Waals surface area contributed by atoms with Crippen LogP contribution in [-0.2, 0) is 46.3 Å². The SMILES string of the molecule is CC/C=C\C/C=C\C/C=C\C/C=C\C/C=C\C/C=C\CCC(=O)OCC(O)COP(=O)(O)OCC(O)COP(=O)(O)OCC(O)COC(=O)CCCCCCCCCCCCCCCCC. The average molecular weight is 977 g/mol. The van der Waals surface area contributed by atoms with E-state index in [0.29, 0.717) is 19.3 Å². The van der Waals surface area contributed by atoms with Gasteiger partial charge in [0.1, 0.15) is 31.5 Å². The van der Waals surface area contributed by atoms with Crippen LogP contribution in [0.15, 0.2) is 72.9 Å². The molecule has 0 spiro atoms. The molecule has 0 heterocycles. The Morgan fingerprint density at radius 3 is 1.05 bits per heavy atom. The van der Waals surface area contributed by atoms with Crippen molar-refractivity contribution in [2.75, 3.05) is 39.6 Å². The topological polar surface area (TPSA) is 225 Å². The maximum atomic E-state index is 12.2. The van der Waals surface area contributed by atoms with Crippen LogP contribution >= 0.6 is 15.6 Å². The summed E-state index contributed by atoms with van der Waals surface area (Å²) in [7, 11) is -9.60. The Morgan fingerprint density at radius 1 is 0.409 bits per heavy atom. The van der Waals surface area contributed by atoms with Crippen LogP contribution in [0.4, 0.5) is 0 Å². The van der Waals surface area contributed by atoms with Crippen LogP contribution in [0.1, 0.15) is 168 Å². The van der Waals surface area contributed by atoms with Crippen molar-refractivity contribution in [1.29, 1.82) is 0 Å². The fraction of sp³-hybridized carbons (Fsp3) is 0.714. The van der Waals surface area contributed by atoms with Gasteiger partial charge in [0, 0.05) is 12.8 Å². The molecule has 0 bridgehead atoms. The first-order valence-corrected chi connectivity index (χ1v) is 27.3. The summed E-state index contributed by atoms with van der Waals surface area (Å²) in [5.41, 5.74) is 0. The molecule has 0 fully saturated rings. The Labute approximate surface area is 396 Å². The van der Waals surface area contributed by atoms with E-state index in [0.717, 1.165) is 51.4 Å². The molecule has 17 heteroatoms. The van der Waals surface area contributed by atoms with Gasteiger partial charge in [0.05, 0.1) is 26.4 Å². The lowest BCUT2D eigenvalue weighted by Crippen LogP contribution is -2.25. The molecule has 5 atom stereocenters. The number of hydrogen-bond donors (Lipinski definition) is 5. The molecule has 0 rings (SSSR count). The van der Waals surface area contributed by atoms with Crippen molar-refractivity contribution >= 4 is 27.6 Å². The molecule has 0 aromatic heterocycles. The van der Waals surface area contributed by atoms with Crippen LogP contribution in [-0.4, -0.2) is 95.0 Å². The Kier molecular flexibility index (Phi) is 43.2. The molecule has 382 valence electrons. The number of aliphatic hydroxyl groups excluding tert-OH is 3. The van der Waals surface area contributed by atoms with Gasteiger partial charge >= 0.3 is 27.6 Å². The van der Waals surface area contributed by atoms with E-state index in [1.54, 1.807) is 0 Å². The monoisotopic (exact) mass is 977 g/mol. The van der Waals surface area contributed by atoms with Crippen molar-refractivity contribution in [3.63, 3.8) is 0 Å². The molecule has 5 N–H and O–H groups in total. The minimum Gasteiger partial charge on any atom is -0.463 e. The van der Waals surface area contributed by atoms with Crippen LogP contribution in [0, 0.1) is 0 Å². The van der Waals surface area contributed by atoms with Crippen molar-refractivity contribution in [3.8, 4) is 0 Å². The largest absolute Gasteiger partial charge is 0.472 e. The maximum Gasteiger partial charge on any atom is 0.472 e. The lowest BCUT2D eigenvalue weighted by Gasteiger charge is -2.19. The number of phosphoric ester groups is 2. The second-order valence-corrected chi connectivity index (χ2v) is 19.0. The minimum atomic E-state index is -4.80. The number of allylic oxidation sites excluding steroid dienone is 12. The van der Waals surface area contributed by atoms with Gasteiger partial charge < -0.3 is 34.6 Å². The van der Waals surface area contributed by atoms with Crippen LogP contribution in [0.25, 0.3) is 0 Å². The molecular weight excluding hydrogens is 890 g/mol. The van der Waals surface area contributed by atoms with Crippen molar-refractivity contribution in [1.82, 2.24) is 0 Å². The predicted octanol–water partition coefficient (Wildman–Crippen LogP) is 11.2. The van der Waals surface area contributed by atoms with E-state index in [-0.39, 0.29) is 12.8 Å². The number of ether oxygens (including phenoxy) is 2. The normalized spacial score (nSPS) is 15.7. The van der Waals surface area contributed by atoms with E-state index < -0.39 is 85.5 Å². The van der Waals surface area contributed by atoms with E-state index >= 15 is 0 Å². The second-order valence-electron chi connectivity index (χ2n) is 16.1. The molecule has 0 aliphatic rings. The van der Waals surface area contributed by atoms with Gasteiger partial charge in [-0.1, -0.05) is 177 Å². The molecule has 0 saturated carbocycles. The molecule has 0 saturated heterocycles. The van der Waals surface area contributed by atoms with Crippen molar-refractivity contribution in [3.05, 3.63) is 72.9 Å². The Balaban J connectivity index is 3.96. The molecule has 0 aliphatic carbocycles. The van der Waals surface area contributed by atoms with Crippen LogP contribution < -0.4 is 0 Å². The van der Waals surface area contributed by atoms with Crippen LogP contribution in [0.5, 0.6) is 0 Å². The van der Waals surface area contributed by atoms with E-state index in [4.69, 9.17) is 9.47 Å². The van der Waals surface area contributed by atoms with Crippen molar-refractivity contribution in [2.24, 2.45) is 0 Å². The summed E-state index contributed by atoms with van der Waals surface area (Å²) in [6.07, 6.45) is 44.7. The van der Waals surface area contributed by atoms with Gasteiger partial charge in [-0.2, -0.15) is 0 Å². The maximum absolute atomic E-state index is 12.2. The Bertz CT molecular complexity index is 1460. The van der Waals surface area contributed by atoms with E-state index in [9.17, 15) is 43.8 Å². The first kappa shape index (κ1) is 63.5. The zero-order valence-electron chi connectivity index (χ0n) is 40.1. The number of carbonyl (C=O) groups is 2. The summed E-state index contributed by atoms with van der Waals surface area (Å²) >= 11 is 0. The molecule has 0 aromatic rings. The fourth-order valence-electron chi connectivity index (χ4n) is 5.94. The third-order valence-corrected chi connectivity index (χ3v) is 11.6. The number of phosphoric acid groups is 2. The highest BCUT2D eigenvalue weighted by molar-refractivity contribution is 7.47. The zero-order chi connectivity index (χ0) is 48.8. The van der Waals surface area contributed by atoms with Gasteiger partial charge in [-0.25, -0.2) is 9.13 Å². The number of carbonyl (C=O) groups excluding carboxylic acids is 2. The number of hydrogen-bond acceptors (Lipinski definition) is 13. The average Bonchev–Trinajstić information content (AvgIpc) is 3.29. The molecule has 0 aromatic carbocycles. The number of unbranched alkanes of at least 4 members (excludes halogenated alkanes) is 14. The first-order chi connectivity index (χ1) is 31.8. The summed E-state index contributed by atoms with van der Waals surface area (Å²) in [5.74, 6) is -1.08. The quantitative estimate of drug-likeness (QED) is 0.0166. The summed E-state index contributed by atoms with van der Waals surface area (Å²) in [6, 6.07) is 0. The third-order valence-electron chi connectivity index (χ3n) is 9.69. The molecule has 0 aliphatic heterocycles. The zero-order valence-corrected chi connectivity index (χ0v) is 41.9. The second kappa shape index (κ2) is 45.0. The molecule has 0 amide bonds. The Hall–Kier alpha value is -2.52. The van der Waals surface area contributed by atoms with E-state index in [1.165, 1.54) is 70.6 Å². The number of aliphatic hydroxyl groups is 3. The smallest absolute Gasteiger partial charge is 0.463 e. The third kappa shape index (κ3) is 46.6. The van der Waals surface area contributed by atoms with Gasteiger partial charge in [0.15, 0.2) is 0 Å². The lowest BCUT2D eigenvalue weighted by molar-refractivity contribution is -0.148. The molecule has 66 heavy (non-hydrogen) atoms. The van der Waals surface area contributed by atoms with Crippen LogP contribution in [0.3, 0.4) is 0 Å². The lowest BCUT2D eigenvalue weighted by atomic mass is 10.0. The van der Waals surface area contributed by atoms with E-state index in [2.05, 4.69) is 86.6 Å².